The van der Waals surface area contributed by atoms with Crippen LogP contribution in [0.25, 0.3) is 0 Å². The number of halogens is 1. The Balaban J connectivity index is 1.72. The Labute approximate surface area is 189 Å². The van der Waals surface area contributed by atoms with Gasteiger partial charge >= 0.3 is 0 Å². The molecule has 0 heterocycles. The minimum absolute atomic E-state index is 0.0118. The molecule has 4 aliphatic rings. The van der Waals surface area contributed by atoms with E-state index in [9.17, 15) is 19.2 Å². The molecular formula is C25H34ClNO4. The van der Waals surface area contributed by atoms with E-state index in [1.807, 2.05) is 13.8 Å². The Morgan fingerprint density at radius 1 is 1.16 bits per heavy atom. The van der Waals surface area contributed by atoms with E-state index in [4.69, 9.17) is 11.6 Å². The molecule has 4 rings (SSSR count). The van der Waals surface area contributed by atoms with Crippen molar-refractivity contribution in [2.45, 2.75) is 84.1 Å². The number of carbonyl (C=O) groups excluding carboxylic acids is 4. The molecule has 4 fully saturated rings. The molecular weight excluding hydrogens is 414 g/mol. The van der Waals surface area contributed by atoms with Gasteiger partial charge in [0.2, 0.25) is 5.24 Å². The molecule has 0 radical (unpaired) electrons. The molecule has 0 aromatic carbocycles. The fraction of sp³-hybridized carbons (Fsp3) is 0.800. The van der Waals surface area contributed by atoms with Crippen LogP contribution in [0.1, 0.15) is 78.6 Å². The first-order valence-electron chi connectivity index (χ1n) is 11.7. The highest BCUT2D eigenvalue weighted by Crippen LogP contribution is 2.68. The van der Waals surface area contributed by atoms with Crippen LogP contribution < -0.4 is 0 Å². The van der Waals surface area contributed by atoms with Gasteiger partial charge in [0.05, 0.1) is 11.0 Å². The third kappa shape index (κ3) is 3.05. The van der Waals surface area contributed by atoms with Crippen molar-refractivity contribution in [1.29, 1.82) is 0 Å². The van der Waals surface area contributed by atoms with Crippen molar-refractivity contribution in [2.24, 2.45) is 45.4 Å². The Morgan fingerprint density at radius 2 is 1.87 bits per heavy atom. The number of nitrogens with zero attached hydrogens (tertiary/aromatic N) is 1. The molecule has 4 aliphatic carbocycles. The van der Waals surface area contributed by atoms with Crippen molar-refractivity contribution in [3.63, 3.8) is 0 Å². The average Bonchev–Trinajstić information content (AvgIpc) is 3.03. The number of hydrogen-bond acceptors (Lipinski definition) is 5. The van der Waals surface area contributed by atoms with Crippen molar-refractivity contribution in [2.75, 3.05) is 0 Å². The summed E-state index contributed by atoms with van der Waals surface area (Å²) in [7, 11) is 0. The van der Waals surface area contributed by atoms with Crippen molar-refractivity contribution in [3.05, 3.63) is 0 Å². The van der Waals surface area contributed by atoms with Crippen molar-refractivity contribution < 1.29 is 19.2 Å². The number of ketones is 3. The van der Waals surface area contributed by atoms with Gasteiger partial charge in [-0.1, -0.05) is 13.8 Å². The molecule has 0 saturated heterocycles. The Morgan fingerprint density at radius 3 is 2.52 bits per heavy atom. The van der Waals surface area contributed by atoms with E-state index in [1.54, 1.807) is 0 Å². The van der Waals surface area contributed by atoms with Gasteiger partial charge in [-0.3, -0.25) is 24.2 Å². The lowest BCUT2D eigenvalue weighted by molar-refractivity contribution is -0.167. The van der Waals surface area contributed by atoms with Gasteiger partial charge in [-0.15, -0.1) is 0 Å². The van der Waals surface area contributed by atoms with Crippen LogP contribution >= 0.6 is 11.6 Å². The number of fused-ring (bicyclic) bond motifs is 5. The summed E-state index contributed by atoms with van der Waals surface area (Å²) in [6.07, 6.45) is 4.92. The third-order valence-corrected chi connectivity index (χ3v) is 10.4. The van der Waals surface area contributed by atoms with Gasteiger partial charge in [0.15, 0.2) is 0 Å². The van der Waals surface area contributed by atoms with Gasteiger partial charge in [-0.25, -0.2) is 0 Å². The maximum atomic E-state index is 13.9. The van der Waals surface area contributed by atoms with E-state index in [-0.39, 0.29) is 64.0 Å². The molecule has 0 spiro atoms. The first-order chi connectivity index (χ1) is 14.5. The van der Waals surface area contributed by atoms with Crippen LogP contribution in [0.4, 0.5) is 0 Å². The molecule has 0 aromatic rings. The normalized spacial score (nSPS) is 45.5. The fourth-order valence-corrected chi connectivity index (χ4v) is 8.37. The molecule has 8 atom stereocenters. The molecule has 0 bridgehead atoms. The van der Waals surface area contributed by atoms with Gasteiger partial charge in [-0.2, -0.15) is 0 Å². The van der Waals surface area contributed by atoms with Crippen molar-refractivity contribution >= 4 is 40.9 Å². The summed E-state index contributed by atoms with van der Waals surface area (Å²) < 4.78 is 0. The fourth-order valence-electron chi connectivity index (χ4n) is 8.26. The van der Waals surface area contributed by atoms with E-state index in [0.29, 0.717) is 38.5 Å². The second kappa shape index (κ2) is 7.60. The highest BCUT2D eigenvalue weighted by Gasteiger charge is 2.71. The molecule has 0 N–H and O–H groups in total. The van der Waals surface area contributed by atoms with Crippen LogP contribution in [-0.2, 0) is 19.2 Å². The second-order valence-corrected chi connectivity index (χ2v) is 11.5. The smallest absolute Gasteiger partial charge is 0.221 e. The number of Topliss-reactive ketones (excluding diaryl/α,β-unsaturated/α-hetero) is 3. The van der Waals surface area contributed by atoms with E-state index >= 15 is 0 Å². The zero-order chi connectivity index (χ0) is 22.8. The maximum absolute atomic E-state index is 13.9. The number of carbonyl (C=O) groups is 4. The lowest BCUT2D eigenvalue weighted by atomic mass is 9.43. The predicted octanol–water partition coefficient (Wildman–Crippen LogP) is 4.58. The molecule has 0 aliphatic heterocycles. The standard InChI is InChI=1S/C25H34ClNO4/c1-14(5-6-21(26)31)25(27-4)10-8-17-22-18(13-20(30)24(17,25)3)23(2)9-7-16(28)11-15(23)12-19(22)29/h14-15,17-18,22H,4-13H2,1-3H3/t14-,15?,17?,18?,22?,23+,24-,25?/m1/s1. The minimum Gasteiger partial charge on any atom is -0.300 e. The molecule has 6 heteroatoms. The minimum atomic E-state index is -0.756. The number of aliphatic imine (C=N–C) groups is 1. The SMILES string of the molecule is C=NC1([C@H](C)CCC(=O)Cl)CCC2C3C(=O)CC4CC(=O)CC[C@]4(C)C3CC(=O)[C@@]21C. The topological polar surface area (TPSA) is 80.6 Å². The lowest BCUT2D eigenvalue weighted by Crippen LogP contribution is -2.63. The highest BCUT2D eigenvalue weighted by molar-refractivity contribution is 6.63. The molecule has 4 saturated carbocycles. The monoisotopic (exact) mass is 447 g/mol. The van der Waals surface area contributed by atoms with Gasteiger partial charge in [0.1, 0.15) is 17.3 Å². The summed E-state index contributed by atoms with van der Waals surface area (Å²) in [6, 6.07) is 0. The van der Waals surface area contributed by atoms with E-state index in [2.05, 4.69) is 18.6 Å². The largest absolute Gasteiger partial charge is 0.300 e. The molecule has 5 nitrogen and oxygen atoms in total. The quantitative estimate of drug-likeness (QED) is 0.456. The summed E-state index contributed by atoms with van der Waals surface area (Å²) in [5.74, 6) is 0.504. The van der Waals surface area contributed by atoms with Crippen LogP contribution in [-0.4, -0.2) is 34.8 Å². The molecule has 170 valence electrons. The number of hydrogen-bond donors (Lipinski definition) is 0. The summed E-state index contributed by atoms with van der Waals surface area (Å²) in [5.41, 5.74) is -1.56. The van der Waals surface area contributed by atoms with E-state index in [0.717, 1.165) is 12.8 Å². The Bertz CT molecular complexity index is 854. The van der Waals surface area contributed by atoms with Gasteiger partial charge in [0.25, 0.3) is 0 Å². The average molecular weight is 448 g/mol. The summed E-state index contributed by atoms with van der Waals surface area (Å²) in [5, 5.41) is -0.380. The Hall–Kier alpha value is -1.36. The molecule has 31 heavy (non-hydrogen) atoms. The van der Waals surface area contributed by atoms with Crippen molar-refractivity contribution in [1.82, 2.24) is 0 Å². The number of rotatable bonds is 5. The first kappa shape index (κ1) is 22.8. The molecule has 5 unspecified atom stereocenters. The van der Waals surface area contributed by atoms with E-state index in [1.165, 1.54) is 0 Å². The summed E-state index contributed by atoms with van der Waals surface area (Å²) in [4.78, 5) is 55.5. The van der Waals surface area contributed by atoms with Crippen LogP contribution in [0.3, 0.4) is 0 Å². The predicted molar refractivity (Wildman–Crippen MR) is 119 cm³/mol. The third-order valence-electron chi connectivity index (χ3n) is 10.2. The van der Waals surface area contributed by atoms with Gasteiger partial charge < -0.3 is 0 Å². The first-order valence-corrected chi connectivity index (χ1v) is 12.1. The summed E-state index contributed by atoms with van der Waals surface area (Å²) >= 11 is 5.60. The maximum Gasteiger partial charge on any atom is 0.221 e. The van der Waals surface area contributed by atoms with Gasteiger partial charge in [-0.05, 0) is 80.0 Å². The van der Waals surface area contributed by atoms with Crippen molar-refractivity contribution in [3.8, 4) is 0 Å². The second-order valence-electron chi connectivity index (χ2n) is 11.1. The summed E-state index contributed by atoms with van der Waals surface area (Å²) in [6.45, 7) is 10.2. The van der Waals surface area contributed by atoms with Gasteiger partial charge in [0, 0.05) is 38.0 Å². The zero-order valence-corrected chi connectivity index (χ0v) is 19.7. The highest BCUT2D eigenvalue weighted by atomic mass is 35.5. The van der Waals surface area contributed by atoms with E-state index < -0.39 is 11.0 Å². The lowest BCUT2D eigenvalue weighted by Gasteiger charge is -2.60. The molecule has 0 amide bonds. The van der Waals surface area contributed by atoms with Crippen LogP contribution in [0.2, 0.25) is 0 Å². The van der Waals surface area contributed by atoms with Crippen LogP contribution in [0.15, 0.2) is 4.99 Å². The van der Waals surface area contributed by atoms with Crippen LogP contribution in [0, 0.1) is 40.4 Å². The zero-order valence-electron chi connectivity index (χ0n) is 18.9. The Kier molecular flexibility index (Phi) is 5.60. The molecule has 0 aromatic heterocycles. The van der Waals surface area contributed by atoms with Crippen LogP contribution in [0.5, 0.6) is 0 Å².